The first-order valence-electron chi connectivity index (χ1n) is 15.6. The van der Waals surface area contributed by atoms with Gasteiger partial charge in [-0.25, -0.2) is 0 Å². The highest BCUT2D eigenvalue weighted by Gasteiger charge is 2.47. The Morgan fingerprint density at radius 3 is 2.62 bits per heavy atom. The highest BCUT2D eigenvalue weighted by molar-refractivity contribution is 7.99. The Morgan fingerprint density at radius 1 is 1.17 bits per heavy atom. The van der Waals surface area contributed by atoms with E-state index in [4.69, 9.17) is 5.73 Å². The molecule has 2 aliphatic rings. The molecule has 232 valence electrons. The Kier molecular flexibility index (Phi) is 11.0. The van der Waals surface area contributed by atoms with E-state index < -0.39 is 12.1 Å². The Hall–Kier alpha value is -2.10. The number of amides is 1. The maximum atomic E-state index is 13.4. The molecule has 0 aromatic heterocycles. The van der Waals surface area contributed by atoms with E-state index >= 15 is 0 Å². The smallest absolute Gasteiger partial charge is 0.252 e. The molecular formula is C34H52N4O3S. The number of rotatable bonds is 11. The number of nitrogens with zero attached hydrogens (tertiary/aromatic N) is 1. The summed E-state index contributed by atoms with van der Waals surface area (Å²) in [5.74, 6) is 1.19. The molecule has 42 heavy (non-hydrogen) atoms. The van der Waals surface area contributed by atoms with Crippen molar-refractivity contribution in [1.29, 1.82) is 0 Å². The number of benzene rings is 2. The molecular weight excluding hydrogens is 544 g/mol. The number of likely N-dealkylation sites (tertiary alicyclic amines) is 1. The maximum absolute atomic E-state index is 13.4. The highest BCUT2D eigenvalue weighted by atomic mass is 32.2. The number of carbonyl (C=O) groups is 1. The third-order valence-electron chi connectivity index (χ3n) is 9.29. The van der Waals surface area contributed by atoms with Crippen molar-refractivity contribution in [3.8, 4) is 5.75 Å². The van der Waals surface area contributed by atoms with E-state index in [2.05, 4.69) is 43.2 Å². The van der Waals surface area contributed by atoms with E-state index in [-0.39, 0.29) is 22.7 Å². The number of piperidine rings is 1. The van der Waals surface area contributed by atoms with Crippen LogP contribution in [-0.2, 0) is 0 Å². The van der Waals surface area contributed by atoms with Crippen molar-refractivity contribution in [1.82, 2.24) is 15.5 Å². The van der Waals surface area contributed by atoms with Crippen molar-refractivity contribution in [2.24, 2.45) is 17.6 Å². The summed E-state index contributed by atoms with van der Waals surface area (Å²) in [4.78, 5) is 17.0. The molecule has 1 aliphatic carbocycles. The fourth-order valence-corrected chi connectivity index (χ4v) is 7.69. The number of hydrogen-bond donors (Lipinski definition) is 5. The van der Waals surface area contributed by atoms with Crippen molar-refractivity contribution >= 4 is 17.7 Å². The van der Waals surface area contributed by atoms with Crippen LogP contribution < -0.4 is 16.4 Å². The van der Waals surface area contributed by atoms with Crippen LogP contribution in [0.15, 0.2) is 53.4 Å². The number of fused-ring (bicyclic) bond motifs is 1. The van der Waals surface area contributed by atoms with Gasteiger partial charge in [0.1, 0.15) is 5.75 Å². The Bertz CT molecular complexity index is 1170. The standard InChI is InChI=1S/C34H52N4O3S/c1-23(19-36-33(3,4)5)29-18-25-12-9-10-17-34(25,35)22-38(29)20-31(40)28(21-42-26-13-7-6-8-14-26)37-32(41)27-15-11-16-30(39)24(27)2/h6-8,11,13-16,23,25,28-29,31,36,39-40H,9-10,12,17-22,35H2,1-5H3,(H,37,41)/t23?,25-,28?,29-,31?,34?/m0/s1. The first-order valence-corrected chi connectivity index (χ1v) is 16.6. The fraction of sp³-hybridized carbons (Fsp3) is 0.618. The summed E-state index contributed by atoms with van der Waals surface area (Å²) in [5, 5.41) is 28.8. The second-order valence-corrected chi connectivity index (χ2v) is 14.8. The summed E-state index contributed by atoms with van der Waals surface area (Å²) >= 11 is 1.62. The number of thioether (sulfide) groups is 1. The van der Waals surface area contributed by atoms with Crippen LogP contribution in [0.4, 0.5) is 0 Å². The van der Waals surface area contributed by atoms with E-state index in [1.165, 1.54) is 12.8 Å². The molecule has 1 heterocycles. The first kappa shape index (κ1) is 32.8. The molecule has 4 unspecified atom stereocenters. The number of β-amino-alcohol motifs (C(OH)–C–C–N with tert-alkyl or cyclic N) is 1. The van der Waals surface area contributed by atoms with E-state index in [0.29, 0.717) is 41.3 Å². The molecule has 1 aliphatic heterocycles. The molecule has 6 N–H and O–H groups in total. The van der Waals surface area contributed by atoms with Crippen LogP contribution in [0.25, 0.3) is 0 Å². The normalized spacial score (nSPS) is 25.3. The number of carbonyl (C=O) groups excluding carboxylic acids is 1. The molecule has 2 fully saturated rings. The number of nitrogens with one attached hydrogen (secondary N) is 2. The molecule has 0 radical (unpaired) electrons. The van der Waals surface area contributed by atoms with E-state index in [0.717, 1.165) is 37.2 Å². The zero-order valence-corrected chi connectivity index (χ0v) is 26.9. The molecule has 2 aromatic carbocycles. The van der Waals surface area contributed by atoms with Gasteiger partial charge in [-0.3, -0.25) is 9.69 Å². The maximum Gasteiger partial charge on any atom is 0.252 e. The number of phenols is 1. The Morgan fingerprint density at radius 2 is 1.90 bits per heavy atom. The van der Waals surface area contributed by atoms with Crippen LogP contribution in [0, 0.1) is 18.8 Å². The van der Waals surface area contributed by atoms with Gasteiger partial charge < -0.3 is 26.6 Å². The molecule has 7 nitrogen and oxygen atoms in total. The number of hydrogen-bond acceptors (Lipinski definition) is 7. The number of phenolic OH excluding ortho intramolecular Hbond substituents is 1. The summed E-state index contributed by atoms with van der Waals surface area (Å²) in [6.07, 6.45) is 4.84. The van der Waals surface area contributed by atoms with Crippen LogP contribution in [0.3, 0.4) is 0 Å². The topological polar surface area (TPSA) is 111 Å². The summed E-state index contributed by atoms with van der Waals surface area (Å²) < 4.78 is 0. The van der Waals surface area contributed by atoms with Crippen LogP contribution >= 0.6 is 11.8 Å². The van der Waals surface area contributed by atoms with Crippen molar-refractivity contribution in [2.75, 3.05) is 25.4 Å². The van der Waals surface area contributed by atoms with E-state index in [1.807, 2.05) is 30.3 Å². The molecule has 0 bridgehead atoms. The second kappa shape index (κ2) is 14.1. The van der Waals surface area contributed by atoms with Gasteiger partial charge in [-0.05, 0) is 89.6 Å². The van der Waals surface area contributed by atoms with Crippen molar-refractivity contribution < 1.29 is 15.0 Å². The Balaban J connectivity index is 1.55. The zero-order chi connectivity index (χ0) is 30.5. The monoisotopic (exact) mass is 596 g/mol. The number of nitrogens with two attached hydrogens (primary N) is 1. The van der Waals surface area contributed by atoms with Gasteiger partial charge in [0.15, 0.2) is 0 Å². The average Bonchev–Trinajstić information content (AvgIpc) is 2.94. The van der Waals surface area contributed by atoms with Crippen LogP contribution in [-0.4, -0.2) is 75.7 Å². The fourth-order valence-electron chi connectivity index (χ4n) is 6.66. The molecule has 8 heteroatoms. The second-order valence-electron chi connectivity index (χ2n) is 13.7. The minimum Gasteiger partial charge on any atom is -0.508 e. The Labute approximate surface area is 257 Å². The van der Waals surface area contributed by atoms with Crippen LogP contribution in [0.2, 0.25) is 0 Å². The lowest BCUT2D eigenvalue weighted by Crippen LogP contribution is -2.66. The van der Waals surface area contributed by atoms with Crippen molar-refractivity contribution in [3.63, 3.8) is 0 Å². The summed E-state index contributed by atoms with van der Waals surface area (Å²) in [6, 6.07) is 14.8. The van der Waals surface area contributed by atoms with Crippen molar-refractivity contribution in [2.45, 2.75) is 101 Å². The molecule has 4 rings (SSSR count). The third-order valence-corrected chi connectivity index (χ3v) is 10.4. The molecule has 2 aromatic rings. The predicted octanol–water partition coefficient (Wildman–Crippen LogP) is 4.94. The van der Waals surface area contributed by atoms with E-state index in [9.17, 15) is 15.0 Å². The van der Waals surface area contributed by atoms with Crippen LogP contribution in [0.5, 0.6) is 5.75 Å². The molecule has 0 spiro atoms. The summed E-state index contributed by atoms with van der Waals surface area (Å²) in [7, 11) is 0. The predicted molar refractivity (Wildman–Crippen MR) is 173 cm³/mol. The van der Waals surface area contributed by atoms with Gasteiger partial charge in [-0.1, -0.05) is 44.0 Å². The van der Waals surface area contributed by atoms with Gasteiger partial charge in [-0.15, -0.1) is 11.8 Å². The molecule has 1 saturated carbocycles. The number of aliphatic hydroxyl groups excluding tert-OH is 1. The van der Waals surface area contributed by atoms with Gasteiger partial charge in [-0.2, -0.15) is 0 Å². The lowest BCUT2D eigenvalue weighted by Gasteiger charge is -2.54. The number of aromatic hydroxyl groups is 1. The van der Waals surface area contributed by atoms with Gasteiger partial charge in [0.05, 0.1) is 12.1 Å². The quantitative estimate of drug-likeness (QED) is 0.234. The minimum atomic E-state index is -0.795. The molecule has 1 amide bonds. The summed E-state index contributed by atoms with van der Waals surface area (Å²) in [6.45, 7) is 12.7. The zero-order valence-electron chi connectivity index (χ0n) is 26.1. The first-order chi connectivity index (χ1) is 19.9. The lowest BCUT2D eigenvalue weighted by atomic mass is 9.66. The highest BCUT2D eigenvalue weighted by Crippen LogP contribution is 2.42. The van der Waals surface area contributed by atoms with E-state index in [1.54, 1.807) is 36.9 Å². The van der Waals surface area contributed by atoms with Gasteiger partial charge in [0, 0.05) is 52.0 Å². The average molecular weight is 597 g/mol. The molecule has 1 saturated heterocycles. The summed E-state index contributed by atoms with van der Waals surface area (Å²) in [5.41, 5.74) is 7.84. The minimum absolute atomic E-state index is 0.0315. The SMILES string of the molecule is Cc1c(O)cccc1C(=O)NC(CSc1ccccc1)C(O)CN1CC2(N)CCCC[C@H]2C[C@H]1C(C)CNC(C)(C)C. The van der Waals surface area contributed by atoms with Gasteiger partial charge >= 0.3 is 0 Å². The number of aliphatic hydroxyl groups is 1. The van der Waals surface area contributed by atoms with Crippen LogP contribution in [0.1, 0.15) is 75.7 Å². The third kappa shape index (κ3) is 8.50. The lowest BCUT2D eigenvalue weighted by molar-refractivity contribution is -0.0298. The largest absolute Gasteiger partial charge is 0.508 e. The van der Waals surface area contributed by atoms with Gasteiger partial charge in [0.25, 0.3) is 5.91 Å². The van der Waals surface area contributed by atoms with Crippen molar-refractivity contribution in [3.05, 3.63) is 59.7 Å². The molecule has 6 atom stereocenters. The van der Waals surface area contributed by atoms with Gasteiger partial charge in [0.2, 0.25) is 0 Å².